The molecule has 1 saturated heterocycles. The zero-order valence-electron chi connectivity index (χ0n) is 11.3. The van der Waals surface area contributed by atoms with E-state index in [0.717, 1.165) is 38.1 Å². The first kappa shape index (κ1) is 13.8. The maximum Gasteiger partial charge on any atom is 0.269 e. The van der Waals surface area contributed by atoms with Gasteiger partial charge in [-0.2, -0.15) is 0 Å². The molecule has 19 heavy (non-hydrogen) atoms. The average Bonchev–Trinajstić information content (AvgIpc) is 2.96. The van der Waals surface area contributed by atoms with Gasteiger partial charge in [0.1, 0.15) is 5.69 Å². The summed E-state index contributed by atoms with van der Waals surface area (Å²) in [6.45, 7) is 4.38. The van der Waals surface area contributed by atoms with Crippen molar-refractivity contribution in [1.82, 2.24) is 10.3 Å². The summed E-state index contributed by atoms with van der Waals surface area (Å²) in [7, 11) is 0. The van der Waals surface area contributed by atoms with Crippen molar-refractivity contribution >= 4 is 11.6 Å². The summed E-state index contributed by atoms with van der Waals surface area (Å²) in [5.74, 6) is -0.141. The zero-order chi connectivity index (χ0) is 13.5. The molecule has 104 valence electrons. The Balaban J connectivity index is 1.81. The fourth-order valence-corrected chi connectivity index (χ4v) is 2.00. The summed E-state index contributed by atoms with van der Waals surface area (Å²) in [5, 5.41) is 6.08. The van der Waals surface area contributed by atoms with Crippen LogP contribution in [-0.4, -0.2) is 36.7 Å². The number of carbonyl (C=O) groups is 1. The molecule has 1 aromatic heterocycles. The molecule has 2 heterocycles. The SMILES string of the molecule is CCCNc1ccc(C(=O)NCC2CCCO2)nc1. The van der Waals surface area contributed by atoms with Crippen molar-refractivity contribution in [3.05, 3.63) is 24.0 Å². The molecule has 2 N–H and O–H groups in total. The van der Waals surface area contributed by atoms with Crippen LogP contribution in [0.3, 0.4) is 0 Å². The number of ether oxygens (including phenoxy) is 1. The Morgan fingerprint density at radius 2 is 2.42 bits per heavy atom. The highest BCUT2D eigenvalue weighted by molar-refractivity contribution is 5.92. The lowest BCUT2D eigenvalue weighted by molar-refractivity contribution is 0.0854. The van der Waals surface area contributed by atoms with Gasteiger partial charge in [-0.25, -0.2) is 4.98 Å². The number of nitrogens with one attached hydrogen (secondary N) is 2. The predicted octanol–water partition coefficient (Wildman–Crippen LogP) is 1.81. The third-order valence-electron chi connectivity index (χ3n) is 3.09. The quantitative estimate of drug-likeness (QED) is 0.821. The molecule has 1 unspecified atom stereocenters. The molecule has 1 aromatic rings. The van der Waals surface area contributed by atoms with Crippen LogP contribution in [-0.2, 0) is 4.74 Å². The summed E-state index contributed by atoms with van der Waals surface area (Å²) < 4.78 is 5.46. The van der Waals surface area contributed by atoms with Gasteiger partial charge < -0.3 is 15.4 Å². The second kappa shape index (κ2) is 7.09. The molecule has 0 saturated carbocycles. The summed E-state index contributed by atoms with van der Waals surface area (Å²) in [6, 6.07) is 3.62. The molecule has 1 aliphatic rings. The first-order chi connectivity index (χ1) is 9.29. The van der Waals surface area contributed by atoms with Gasteiger partial charge in [0.2, 0.25) is 0 Å². The van der Waals surface area contributed by atoms with Crippen molar-refractivity contribution in [3.8, 4) is 0 Å². The lowest BCUT2D eigenvalue weighted by atomic mass is 10.2. The topological polar surface area (TPSA) is 63.2 Å². The number of hydrogen-bond acceptors (Lipinski definition) is 4. The zero-order valence-corrected chi connectivity index (χ0v) is 11.3. The number of pyridine rings is 1. The van der Waals surface area contributed by atoms with E-state index in [1.807, 2.05) is 6.07 Å². The van der Waals surface area contributed by atoms with Crippen LogP contribution in [0.15, 0.2) is 18.3 Å². The van der Waals surface area contributed by atoms with Crippen LogP contribution in [0.4, 0.5) is 5.69 Å². The first-order valence-electron chi connectivity index (χ1n) is 6.89. The van der Waals surface area contributed by atoms with Gasteiger partial charge in [0.25, 0.3) is 5.91 Å². The summed E-state index contributed by atoms with van der Waals surface area (Å²) in [6.07, 6.45) is 5.01. The Kier molecular flexibility index (Phi) is 5.15. The minimum absolute atomic E-state index is 0.141. The number of rotatable bonds is 6. The van der Waals surface area contributed by atoms with Gasteiger partial charge in [0.05, 0.1) is 18.0 Å². The Morgan fingerprint density at radius 1 is 1.53 bits per heavy atom. The van der Waals surface area contributed by atoms with Crippen molar-refractivity contribution in [2.75, 3.05) is 25.0 Å². The minimum Gasteiger partial charge on any atom is -0.384 e. The van der Waals surface area contributed by atoms with Gasteiger partial charge in [-0.15, -0.1) is 0 Å². The van der Waals surface area contributed by atoms with Gasteiger partial charge >= 0.3 is 0 Å². The Bertz CT molecular complexity index is 400. The molecule has 1 aliphatic heterocycles. The van der Waals surface area contributed by atoms with Crippen LogP contribution in [0, 0.1) is 0 Å². The molecule has 2 rings (SSSR count). The van der Waals surface area contributed by atoms with E-state index in [-0.39, 0.29) is 12.0 Å². The third-order valence-corrected chi connectivity index (χ3v) is 3.09. The van der Waals surface area contributed by atoms with E-state index < -0.39 is 0 Å². The Labute approximate surface area is 113 Å². The molecule has 0 radical (unpaired) electrons. The van der Waals surface area contributed by atoms with Crippen LogP contribution in [0.25, 0.3) is 0 Å². The lowest BCUT2D eigenvalue weighted by Crippen LogP contribution is -2.32. The standard InChI is InChI=1S/C14H21N3O2/c1-2-7-15-11-5-6-13(16-9-11)14(18)17-10-12-4-3-8-19-12/h5-6,9,12,15H,2-4,7-8,10H2,1H3,(H,17,18). The molecule has 0 aliphatic carbocycles. The predicted molar refractivity (Wildman–Crippen MR) is 74.3 cm³/mol. The molecular weight excluding hydrogens is 242 g/mol. The van der Waals surface area contributed by atoms with Gasteiger partial charge in [0, 0.05) is 19.7 Å². The van der Waals surface area contributed by atoms with Crippen molar-refractivity contribution in [2.24, 2.45) is 0 Å². The smallest absolute Gasteiger partial charge is 0.269 e. The molecule has 0 aromatic carbocycles. The van der Waals surface area contributed by atoms with Crippen LogP contribution in [0.5, 0.6) is 0 Å². The van der Waals surface area contributed by atoms with E-state index in [4.69, 9.17) is 4.74 Å². The van der Waals surface area contributed by atoms with E-state index in [9.17, 15) is 4.79 Å². The second-order valence-corrected chi connectivity index (χ2v) is 4.70. The van der Waals surface area contributed by atoms with Gasteiger partial charge in [-0.3, -0.25) is 4.79 Å². The minimum atomic E-state index is -0.141. The van der Waals surface area contributed by atoms with Crippen LogP contribution in [0.1, 0.15) is 36.7 Å². The maximum atomic E-state index is 11.9. The van der Waals surface area contributed by atoms with Crippen LogP contribution < -0.4 is 10.6 Å². The molecule has 5 nitrogen and oxygen atoms in total. The third kappa shape index (κ3) is 4.21. The van der Waals surface area contributed by atoms with Gasteiger partial charge in [-0.1, -0.05) is 6.92 Å². The summed E-state index contributed by atoms with van der Waals surface area (Å²) in [5.41, 5.74) is 1.39. The number of anilines is 1. The van der Waals surface area contributed by atoms with Crippen molar-refractivity contribution in [3.63, 3.8) is 0 Å². The maximum absolute atomic E-state index is 11.9. The molecule has 1 fully saturated rings. The molecule has 0 bridgehead atoms. The largest absolute Gasteiger partial charge is 0.384 e. The van der Waals surface area contributed by atoms with Crippen molar-refractivity contribution in [1.29, 1.82) is 0 Å². The first-order valence-corrected chi connectivity index (χ1v) is 6.89. The Hall–Kier alpha value is -1.62. The van der Waals surface area contributed by atoms with E-state index in [1.165, 1.54) is 0 Å². The summed E-state index contributed by atoms with van der Waals surface area (Å²) >= 11 is 0. The van der Waals surface area contributed by atoms with E-state index in [0.29, 0.717) is 12.2 Å². The number of hydrogen-bond donors (Lipinski definition) is 2. The highest BCUT2D eigenvalue weighted by atomic mass is 16.5. The molecule has 1 atom stereocenters. The molecule has 5 heteroatoms. The fourth-order valence-electron chi connectivity index (χ4n) is 2.00. The van der Waals surface area contributed by atoms with Crippen molar-refractivity contribution < 1.29 is 9.53 Å². The normalized spacial score (nSPS) is 18.3. The molecule has 0 spiro atoms. The van der Waals surface area contributed by atoms with E-state index in [2.05, 4.69) is 22.5 Å². The number of carbonyl (C=O) groups excluding carboxylic acids is 1. The molecule has 1 amide bonds. The van der Waals surface area contributed by atoms with Gasteiger partial charge in [0.15, 0.2) is 0 Å². The summed E-state index contributed by atoms with van der Waals surface area (Å²) in [4.78, 5) is 16.0. The highest BCUT2D eigenvalue weighted by Crippen LogP contribution is 2.11. The van der Waals surface area contributed by atoms with E-state index >= 15 is 0 Å². The monoisotopic (exact) mass is 263 g/mol. The number of amides is 1. The fraction of sp³-hybridized carbons (Fsp3) is 0.571. The van der Waals surface area contributed by atoms with Gasteiger partial charge in [-0.05, 0) is 31.4 Å². The lowest BCUT2D eigenvalue weighted by Gasteiger charge is -2.10. The Morgan fingerprint density at radius 3 is 3.05 bits per heavy atom. The van der Waals surface area contributed by atoms with Crippen LogP contribution >= 0.6 is 0 Å². The number of aromatic nitrogens is 1. The van der Waals surface area contributed by atoms with E-state index in [1.54, 1.807) is 12.3 Å². The van der Waals surface area contributed by atoms with Crippen molar-refractivity contribution in [2.45, 2.75) is 32.3 Å². The van der Waals surface area contributed by atoms with Crippen LogP contribution in [0.2, 0.25) is 0 Å². The molecular formula is C14H21N3O2. The number of nitrogens with zero attached hydrogens (tertiary/aromatic N) is 1. The highest BCUT2D eigenvalue weighted by Gasteiger charge is 2.16. The average molecular weight is 263 g/mol. The second-order valence-electron chi connectivity index (χ2n) is 4.70.